The van der Waals surface area contributed by atoms with Crippen LogP contribution in [0.15, 0.2) is 47.8 Å². The van der Waals surface area contributed by atoms with Crippen LogP contribution in [0.1, 0.15) is 5.69 Å². The Bertz CT molecular complexity index is 673. The van der Waals surface area contributed by atoms with Gasteiger partial charge >= 0.3 is 0 Å². The van der Waals surface area contributed by atoms with Crippen molar-refractivity contribution in [2.75, 3.05) is 5.32 Å². The lowest BCUT2D eigenvalue weighted by Crippen LogP contribution is -1.91. The highest BCUT2D eigenvalue weighted by molar-refractivity contribution is 7.13. The maximum absolute atomic E-state index is 5.75. The lowest BCUT2D eigenvalue weighted by atomic mass is 10.1. The molecule has 4 heteroatoms. The smallest absolute Gasteiger partial charge is 0.187 e. The highest BCUT2D eigenvalue weighted by Crippen LogP contribution is 2.27. The Morgan fingerprint density at radius 2 is 1.94 bits per heavy atom. The molecule has 0 saturated heterocycles. The Balaban J connectivity index is 1.99. The monoisotopic (exact) mass is 274 g/mol. The first kappa shape index (κ1) is 11.5. The zero-order valence-corrected chi connectivity index (χ0v) is 11.1. The largest absolute Gasteiger partial charge is 0.331 e. The second-order valence-electron chi connectivity index (χ2n) is 3.93. The van der Waals surface area contributed by atoms with E-state index in [1.807, 2.05) is 23.6 Å². The van der Waals surface area contributed by atoms with E-state index in [4.69, 9.17) is 11.6 Å². The summed E-state index contributed by atoms with van der Waals surface area (Å²) in [6, 6.07) is 14.5. The summed E-state index contributed by atoms with van der Waals surface area (Å²) in [7, 11) is 0. The van der Waals surface area contributed by atoms with Crippen LogP contribution in [-0.2, 0) is 5.88 Å². The Labute approximate surface area is 114 Å². The predicted octanol–water partition coefficient (Wildman–Crippen LogP) is 4.78. The molecule has 0 spiro atoms. The summed E-state index contributed by atoms with van der Waals surface area (Å²) in [5.41, 5.74) is 1.98. The Hall–Kier alpha value is -1.58. The topological polar surface area (TPSA) is 24.9 Å². The summed E-state index contributed by atoms with van der Waals surface area (Å²) in [4.78, 5) is 4.41. The van der Waals surface area contributed by atoms with Gasteiger partial charge in [-0.3, -0.25) is 0 Å². The number of anilines is 2. The highest BCUT2D eigenvalue weighted by Gasteiger charge is 2.04. The minimum Gasteiger partial charge on any atom is -0.331 e. The van der Waals surface area contributed by atoms with Crippen molar-refractivity contribution in [3.8, 4) is 0 Å². The lowest BCUT2D eigenvalue weighted by molar-refractivity contribution is 1.23. The third kappa shape index (κ3) is 2.19. The Kier molecular flexibility index (Phi) is 3.17. The van der Waals surface area contributed by atoms with E-state index in [9.17, 15) is 0 Å². The van der Waals surface area contributed by atoms with Gasteiger partial charge in [0.05, 0.1) is 11.6 Å². The fourth-order valence-electron chi connectivity index (χ4n) is 1.88. The third-order valence-electron chi connectivity index (χ3n) is 2.72. The summed E-state index contributed by atoms with van der Waals surface area (Å²) >= 11 is 7.33. The van der Waals surface area contributed by atoms with Gasteiger partial charge in [0.2, 0.25) is 0 Å². The van der Waals surface area contributed by atoms with E-state index in [-0.39, 0.29) is 0 Å². The van der Waals surface area contributed by atoms with Crippen LogP contribution in [0.2, 0.25) is 0 Å². The number of halogens is 1. The van der Waals surface area contributed by atoms with Crippen molar-refractivity contribution in [1.82, 2.24) is 4.98 Å². The van der Waals surface area contributed by atoms with Crippen molar-refractivity contribution in [3.05, 3.63) is 53.5 Å². The zero-order chi connectivity index (χ0) is 12.4. The van der Waals surface area contributed by atoms with E-state index in [1.54, 1.807) is 11.3 Å². The minimum atomic E-state index is 0.452. The van der Waals surface area contributed by atoms with Crippen LogP contribution in [0.25, 0.3) is 10.8 Å². The fraction of sp³-hybridized carbons (Fsp3) is 0.0714. The van der Waals surface area contributed by atoms with Crippen LogP contribution in [0, 0.1) is 0 Å². The molecular weight excluding hydrogens is 264 g/mol. The molecule has 0 unspecified atom stereocenters. The molecule has 2 nitrogen and oxygen atoms in total. The van der Waals surface area contributed by atoms with E-state index in [1.165, 1.54) is 10.8 Å². The SMILES string of the molecule is ClCc1csc(Nc2cccc3ccccc23)n1. The molecule has 1 heterocycles. The van der Waals surface area contributed by atoms with Gasteiger partial charge in [0, 0.05) is 16.5 Å². The molecule has 0 radical (unpaired) electrons. The van der Waals surface area contributed by atoms with Crippen LogP contribution in [-0.4, -0.2) is 4.98 Å². The second kappa shape index (κ2) is 4.96. The molecule has 1 N–H and O–H groups in total. The van der Waals surface area contributed by atoms with Gasteiger partial charge in [0.1, 0.15) is 0 Å². The van der Waals surface area contributed by atoms with Crippen molar-refractivity contribution in [1.29, 1.82) is 0 Å². The number of hydrogen-bond acceptors (Lipinski definition) is 3. The maximum atomic E-state index is 5.75. The van der Waals surface area contributed by atoms with Crippen molar-refractivity contribution in [2.24, 2.45) is 0 Å². The van der Waals surface area contributed by atoms with Gasteiger partial charge in [0.25, 0.3) is 0 Å². The lowest BCUT2D eigenvalue weighted by Gasteiger charge is -2.06. The summed E-state index contributed by atoms with van der Waals surface area (Å²) in [5, 5.41) is 8.62. The number of rotatable bonds is 3. The molecule has 0 amide bonds. The fourth-order valence-corrected chi connectivity index (χ4v) is 2.83. The first-order valence-electron chi connectivity index (χ1n) is 5.62. The van der Waals surface area contributed by atoms with Gasteiger partial charge in [0.15, 0.2) is 5.13 Å². The van der Waals surface area contributed by atoms with E-state index in [0.717, 1.165) is 16.5 Å². The molecular formula is C14H11ClN2S. The van der Waals surface area contributed by atoms with E-state index in [2.05, 4.69) is 34.6 Å². The van der Waals surface area contributed by atoms with Crippen LogP contribution in [0.3, 0.4) is 0 Å². The van der Waals surface area contributed by atoms with Gasteiger partial charge in [-0.25, -0.2) is 4.98 Å². The van der Waals surface area contributed by atoms with Crippen LogP contribution < -0.4 is 5.32 Å². The normalized spacial score (nSPS) is 10.7. The van der Waals surface area contributed by atoms with Gasteiger partial charge in [-0.15, -0.1) is 22.9 Å². The summed E-state index contributed by atoms with van der Waals surface area (Å²) in [6.07, 6.45) is 0. The average molecular weight is 275 g/mol. The van der Waals surface area contributed by atoms with Crippen molar-refractivity contribution in [3.63, 3.8) is 0 Å². The molecule has 2 aromatic carbocycles. The molecule has 3 rings (SSSR count). The number of aromatic nitrogens is 1. The van der Waals surface area contributed by atoms with Gasteiger partial charge in [-0.05, 0) is 11.5 Å². The van der Waals surface area contributed by atoms with Crippen molar-refractivity contribution < 1.29 is 0 Å². The standard InChI is InChI=1S/C14H11ClN2S/c15-8-11-9-18-14(16-11)17-13-7-3-5-10-4-1-2-6-12(10)13/h1-7,9H,8H2,(H,16,17). The first-order chi connectivity index (χ1) is 8.86. The molecule has 0 bridgehead atoms. The molecule has 0 aliphatic carbocycles. The molecule has 0 saturated carbocycles. The molecule has 0 atom stereocenters. The van der Waals surface area contributed by atoms with E-state index in [0.29, 0.717) is 5.88 Å². The second-order valence-corrected chi connectivity index (χ2v) is 5.05. The number of hydrogen-bond donors (Lipinski definition) is 1. The average Bonchev–Trinajstić information content (AvgIpc) is 2.87. The number of alkyl halides is 1. The number of thiazole rings is 1. The van der Waals surface area contributed by atoms with Gasteiger partial charge in [-0.1, -0.05) is 36.4 Å². The summed E-state index contributed by atoms with van der Waals surface area (Å²) in [6.45, 7) is 0. The third-order valence-corrected chi connectivity index (χ3v) is 3.80. The highest BCUT2D eigenvalue weighted by atomic mass is 35.5. The van der Waals surface area contributed by atoms with Crippen LogP contribution >= 0.6 is 22.9 Å². The number of benzene rings is 2. The first-order valence-corrected chi connectivity index (χ1v) is 7.03. The predicted molar refractivity (Wildman–Crippen MR) is 78.9 cm³/mol. The van der Waals surface area contributed by atoms with Crippen LogP contribution in [0.5, 0.6) is 0 Å². The van der Waals surface area contributed by atoms with Crippen LogP contribution in [0.4, 0.5) is 10.8 Å². The summed E-state index contributed by atoms with van der Waals surface area (Å²) in [5.74, 6) is 0.452. The zero-order valence-electron chi connectivity index (χ0n) is 9.56. The molecule has 0 aliphatic rings. The molecule has 0 fully saturated rings. The quantitative estimate of drug-likeness (QED) is 0.695. The van der Waals surface area contributed by atoms with Crippen molar-refractivity contribution in [2.45, 2.75) is 5.88 Å². The number of nitrogens with one attached hydrogen (secondary N) is 1. The van der Waals surface area contributed by atoms with Gasteiger partial charge < -0.3 is 5.32 Å². The number of nitrogens with zero attached hydrogens (tertiary/aromatic N) is 1. The molecule has 0 aliphatic heterocycles. The molecule has 3 aromatic rings. The Morgan fingerprint density at radius 1 is 1.11 bits per heavy atom. The Morgan fingerprint density at radius 3 is 2.78 bits per heavy atom. The minimum absolute atomic E-state index is 0.452. The molecule has 18 heavy (non-hydrogen) atoms. The van der Waals surface area contributed by atoms with Crippen molar-refractivity contribution >= 4 is 44.5 Å². The van der Waals surface area contributed by atoms with E-state index < -0.39 is 0 Å². The molecule has 1 aromatic heterocycles. The summed E-state index contributed by atoms with van der Waals surface area (Å²) < 4.78 is 0. The van der Waals surface area contributed by atoms with E-state index >= 15 is 0 Å². The molecule has 90 valence electrons. The van der Waals surface area contributed by atoms with Gasteiger partial charge in [-0.2, -0.15) is 0 Å². The number of fused-ring (bicyclic) bond motifs is 1. The maximum Gasteiger partial charge on any atom is 0.187 e.